The van der Waals surface area contributed by atoms with E-state index in [-0.39, 0.29) is 101 Å². The Morgan fingerprint density at radius 3 is 1.29 bits per heavy atom. The Labute approximate surface area is 702 Å². The number of H-pyrrole nitrogens is 1. The topological polar surface area (TPSA) is 722 Å². The van der Waals surface area contributed by atoms with Crippen LogP contribution in [0.2, 0.25) is 0 Å². The number of aromatic nitrogens is 2. The molecule has 0 aliphatic rings. The summed E-state index contributed by atoms with van der Waals surface area (Å²) in [7, 11) is 0. The van der Waals surface area contributed by atoms with Crippen LogP contribution in [0.4, 0.5) is 0 Å². The number of hydrogen-bond acceptors (Lipinski definition) is 24. The zero-order valence-electron chi connectivity index (χ0n) is 70.1. The number of aliphatic hydroxyl groups excluding tert-OH is 1. The van der Waals surface area contributed by atoms with Gasteiger partial charge >= 0.3 is 5.97 Å². The van der Waals surface area contributed by atoms with Crippen molar-refractivity contribution in [3.05, 3.63) is 54.1 Å². The lowest BCUT2D eigenvalue weighted by molar-refractivity contribution is -0.142. The molecule has 0 aliphatic carbocycles. The third kappa shape index (κ3) is 38.7. The average molecular weight is 1710 g/mol. The number of aliphatic hydroxyl groups is 1. The lowest BCUT2D eigenvalue weighted by atomic mass is 9.97. The predicted octanol–water partition coefficient (Wildman–Crippen LogP) is -6.60. The fourth-order valence-corrected chi connectivity index (χ4v) is 12.2. The van der Waals surface area contributed by atoms with Crippen LogP contribution in [0, 0.1) is 17.8 Å². The maximum absolute atomic E-state index is 14.7. The smallest absolute Gasteiger partial charge is 0.326 e. The normalized spacial score (nSPS) is 15.4. The number of carboxylic acids is 1. The predicted molar refractivity (Wildman–Crippen MR) is 444 cm³/mol. The van der Waals surface area contributed by atoms with Crippen LogP contribution in [0.3, 0.4) is 0 Å². The highest BCUT2D eigenvalue weighted by Crippen LogP contribution is 2.16. The van der Waals surface area contributed by atoms with E-state index in [2.05, 4.69) is 89.4 Å². The number of carbonyl (C=O) groups excluding carboxylic acids is 16. The first kappa shape index (κ1) is 105. The van der Waals surface area contributed by atoms with E-state index in [1.54, 1.807) is 78.1 Å². The Bertz CT molecular complexity index is 3740. The molecule has 0 saturated heterocycles. The molecule has 0 bridgehead atoms. The lowest BCUT2D eigenvalue weighted by Gasteiger charge is -2.29. The number of thioether (sulfide) groups is 1. The minimum atomic E-state index is -1.86. The van der Waals surface area contributed by atoms with Gasteiger partial charge in [0, 0.05) is 37.7 Å². The summed E-state index contributed by atoms with van der Waals surface area (Å²) < 4.78 is 0. The number of hydrogen-bond donors (Lipinski definition) is 24. The Morgan fingerprint density at radius 1 is 0.450 bits per heavy atom. The Kier molecular flexibility index (Phi) is 48.0. The van der Waals surface area contributed by atoms with Gasteiger partial charge in [-0.05, 0) is 140 Å². The molecule has 2 rings (SSSR count). The van der Waals surface area contributed by atoms with Gasteiger partial charge in [-0.2, -0.15) is 11.8 Å². The molecule has 17 atom stereocenters. The van der Waals surface area contributed by atoms with Gasteiger partial charge in [-0.1, -0.05) is 78.3 Å². The molecule has 672 valence electrons. The number of aliphatic imine (C=N–C) groups is 1. The van der Waals surface area contributed by atoms with Gasteiger partial charge in [-0.25, -0.2) is 9.78 Å². The number of primary amides is 2. The summed E-state index contributed by atoms with van der Waals surface area (Å²) in [6.45, 7) is 15.3. The lowest BCUT2D eigenvalue weighted by Crippen LogP contribution is -2.62. The summed E-state index contributed by atoms with van der Waals surface area (Å²) in [5, 5.41) is 55.4. The van der Waals surface area contributed by atoms with Crippen molar-refractivity contribution in [1.29, 1.82) is 0 Å². The van der Waals surface area contributed by atoms with Gasteiger partial charge in [0.15, 0.2) is 5.96 Å². The Morgan fingerprint density at radius 2 is 0.842 bits per heavy atom. The van der Waals surface area contributed by atoms with Crippen LogP contribution in [-0.4, -0.2) is 255 Å². The Balaban J connectivity index is 2.45. The molecule has 0 unspecified atom stereocenters. The van der Waals surface area contributed by atoms with Crippen molar-refractivity contribution >= 4 is 118 Å². The van der Waals surface area contributed by atoms with Crippen molar-refractivity contribution in [3.8, 4) is 0 Å². The van der Waals surface area contributed by atoms with Gasteiger partial charge in [0.25, 0.3) is 0 Å². The molecule has 2 aromatic rings. The van der Waals surface area contributed by atoms with Gasteiger partial charge in [0.05, 0.1) is 18.9 Å². The average Bonchev–Trinajstić information content (AvgIpc) is 1.74. The van der Waals surface area contributed by atoms with Gasteiger partial charge in [-0.15, -0.1) is 0 Å². The number of guanidine groups is 1. The third-order valence-electron chi connectivity index (χ3n) is 19.2. The number of unbranched alkanes of at least 4 members (excludes halogenated alkanes) is 2. The second-order valence-corrected chi connectivity index (χ2v) is 31.0. The van der Waals surface area contributed by atoms with Crippen LogP contribution in [0.25, 0.3) is 0 Å². The molecule has 0 aliphatic heterocycles. The first-order valence-electron chi connectivity index (χ1n) is 39.9. The van der Waals surface area contributed by atoms with Crippen LogP contribution in [0.5, 0.6) is 0 Å². The molecule has 0 saturated carbocycles. The molecule has 120 heavy (non-hydrogen) atoms. The number of carboxylic acid groups (broad SMARTS) is 1. The van der Waals surface area contributed by atoms with E-state index in [1.165, 1.54) is 52.0 Å². The molecular weight excluding hydrogens is 1590 g/mol. The van der Waals surface area contributed by atoms with Crippen molar-refractivity contribution < 1.29 is 91.7 Å². The number of nitrogens with one attached hydrogen (secondary N) is 15. The molecule has 1 aromatic carbocycles. The number of benzene rings is 1. The number of nitrogens with two attached hydrogens (primary N) is 7. The number of imidazole rings is 1. The fourth-order valence-electron chi connectivity index (χ4n) is 11.7. The zero-order chi connectivity index (χ0) is 90.6. The van der Waals surface area contributed by atoms with Gasteiger partial charge in [0.1, 0.15) is 90.6 Å². The summed E-state index contributed by atoms with van der Waals surface area (Å²) >= 11 is 1.30. The van der Waals surface area contributed by atoms with E-state index in [1.807, 2.05) is 0 Å². The zero-order valence-corrected chi connectivity index (χ0v) is 70.9. The molecule has 44 heteroatoms. The summed E-state index contributed by atoms with van der Waals surface area (Å²) in [6, 6.07) is -13.5. The maximum Gasteiger partial charge on any atom is 0.326 e. The maximum atomic E-state index is 14.7. The second kappa shape index (κ2) is 54.9. The van der Waals surface area contributed by atoms with Crippen LogP contribution in [0.15, 0.2) is 47.8 Å². The quantitative estimate of drug-likeness (QED) is 0.0166. The number of nitrogens with zero attached hydrogens (tertiary/aromatic N) is 2. The molecule has 0 fully saturated rings. The molecule has 1 aromatic heterocycles. The van der Waals surface area contributed by atoms with Crippen LogP contribution >= 0.6 is 11.8 Å². The highest BCUT2D eigenvalue weighted by atomic mass is 32.2. The number of aliphatic carboxylic acids is 1. The standard InChI is InChI=1S/C76H128N24O19S/c1-12-40(6)60(100-63(106)43(9)89-72(115)58(38(2)3)98-61(104)41(7)87-64(107)50(28-32-120-11)92-67(110)49(26-27-55(79)102)93-73(116)59(39(4)5)99-62(105)42(8)88-71(114)57(81)44(10)101)74(117)97-53(34-46-36-84-37-86-46)69(112)96-54(35-56(80)103)70(113)95-52(33-45-21-14-13-15-22-45)68(111)91-47(23-16-18-29-77)65(108)90-48(25-20-31-85-76(82)83)66(109)94-51(75(118)119)24-17-19-30-78/h13-15,21-22,36-44,47-54,57-60,101H,12,16-20,23-35,77-78,81H2,1-11H3,(H2,79,102)(H2,80,103)(H,84,86)(H,87,107)(H,88,114)(H,89,115)(H,90,108)(H,91,111)(H,92,110)(H,93,116)(H,94,109)(H,95,113)(H,96,112)(H,97,117)(H,98,104)(H,99,105)(H,100,106)(H,118,119)(H4,82,83,85)/t40-,41-,42-,43-,44+,47-,48-,49-,50-,51-,52-,53-,54-,57-,58-,59-,60-/m0/s1. The summed E-state index contributed by atoms with van der Waals surface area (Å²) in [5.41, 5.74) is 40.0. The molecule has 1 heterocycles. The highest BCUT2D eigenvalue weighted by molar-refractivity contribution is 7.98. The second-order valence-electron chi connectivity index (χ2n) is 30.1. The molecule has 0 spiro atoms. The first-order valence-corrected chi connectivity index (χ1v) is 41.3. The van der Waals surface area contributed by atoms with E-state index in [0.29, 0.717) is 24.8 Å². The minimum absolute atomic E-state index is 0.0192. The van der Waals surface area contributed by atoms with E-state index in [4.69, 9.17) is 40.1 Å². The van der Waals surface area contributed by atoms with E-state index >= 15 is 0 Å². The number of rotatable bonds is 58. The van der Waals surface area contributed by atoms with Crippen molar-refractivity contribution in [3.63, 3.8) is 0 Å². The van der Waals surface area contributed by atoms with Gasteiger partial charge in [0.2, 0.25) is 94.5 Å². The molecule has 43 nitrogen and oxygen atoms in total. The van der Waals surface area contributed by atoms with Crippen molar-refractivity contribution in [2.45, 2.75) is 262 Å². The number of carbonyl (C=O) groups is 17. The van der Waals surface area contributed by atoms with Crippen LogP contribution < -0.4 is 115 Å². The SMILES string of the molecule is CC[C@H](C)[C@H](NC(=O)[C@H](C)NC(=O)[C@@H](NC(=O)[C@H](C)NC(=O)[C@H](CCSC)NC(=O)[C@H](CCC(N)=O)NC(=O)[C@@H](NC(=O)[C@H](C)NC(=O)[C@@H](N)[C@@H](C)O)C(C)C)C(C)C)C(=O)N[C@@H](Cc1cnc[nH]1)C(=O)N[C@@H](CC(N)=O)C(=O)N[C@@H](Cc1ccccc1)C(=O)N[C@@H](CCCCN)C(=O)N[C@@H](CCCN=C(N)N)C(=O)N[C@@H](CCCCN)C(=O)O. The van der Waals surface area contributed by atoms with E-state index in [9.17, 15) is 91.7 Å². The van der Waals surface area contributed by atoms with E-state index < -0.39 is 228 Å². The summed E-state index contributed by atoms with van der Waals surface area (Å²) in [5.74, 6) is -18.2. The van der Waals surface area contributed by atoms with Crippen LogP contribution in [-0.2, 0) is 94.3 Å². The van der Waals surface area contributed by atoms with Crippen molar-refractivity contribution in [2.24, 2.45) is 62.9 Å². The minimum Gasteiger partial charge on any atom is -0.480 e. The van der Waals surface area contributed by atoms with Crippen molar-refractivity contribution in [2.75, 3.05) is 31.6 Å². The molecule has 31 N–H and O–H groups in total. The first-order chi connectivity index (χ1) is 56.5. The highest BCUT2D eigenvalue weighted by Gasteiger charge is 2.40. The van der Waals surface area contributed by atoms with Crippen LogP contribution in [0.1, 0.15) is 164 Å². The Hall–Kier alpha value is -11.1. The molecule has 16 amide bonds. The summed E-state index contributed by atoms with van der Waals surface area (Å²) in [6.07, 6.45) is 2.49. The third-order valence-corrected chi connectivity index (χ3v) is 19.9. The van der Waals surface area contributed by atoms with Crippen molar-refractivity contribution in [1.82, 2.24) is 84.4 Å². The number of aromatic amines is 1. The molecule has 0 radical (unpaired) electrons. The van der Waals surface area contributed by atoms with E-state index in [0.717, 1.165) is 0 Å². The summed E-state index contributed by atoms with van der Waals surface area (Å²) in [4.78, 5) is 245. The largest absolute Gasteiger partial charge is 0.480 e. The van der Waals surface area contributed by atoms with Gasteiger partial charge < -0.3 is 130 Å². The fraction of sp³-hybridized carbons (Fsp3) is 0.645. The number of amides is 16. The van der Waals surface area contributed by atoms with Gasteiger partial charge in [-0.3, -0.25) is 81.7 Å². The monoisotopic (exact) mass is 1710 g/mol. The molecular formula is C76H128N24O19S.